The van der Waals surface area contributed by atoms with Crippen molar-refractivity contribution in [2.75, 3.05) is 17.3 Å². The minimum atomic E-state index is -0.118. The Hall–Kier alpha value is -2.62. The molecule has 1 aliphatic rings. The molecule has 4 nitrogen and oxygen atoms in total. The number of nitrogens with zero attached hydrogens (tertiary/aromatic N) is 1. The summed E-state index contributed by atoms with van der Waals surface area (Å²) in [4.78, 5) is 25.7. The minimum absolute atomic E-state index is 0.118. The molecule has 0 aromatic heterocycles. The number of rotatable bonds is 3. The van der Waals surface area contributed by atoms with Crippen molar-refractivity contribution in [2.24, 2.45) is 0 Å². The molecule has 0 saturated carbocycles. The molecule has 118 valence electrons. The third-order valence-electron chi connectivity index (χ3n) is 4.31. The number of hydrogen-bond acceptors (Lipinski definition) is 2. The van der Waals surface area contributed by atoms with E-state index in [0.717, 1.165) is 23.4 Å². The number of nitrogens with one attached hydrogen (secondary N) is 1. The average Bonchev–Trinajstić information content (AvgIpc) is 2.58. The monoisotopic (exact) mass is 308 g/mol. The number of benzene rings is 2. The molecule has 3 rings (SSSR count). The Bertz CT molecular complexity index is 750. The summed E-state index contributed by atoms with van der Waals surface area (Å²) in [6.07, 6.45) is 2.19. The van der Waals surface area contributed by atoms with Crippen LogP contribution in [0.4, 0.5) is 11.4 Å². The van der Waals surface area contributed by atoms with Crippen LogP contribution in [0.5, 0.6) is 0 Å². The molecule has 0 saturated heterocycles. The van der Waals surface area contributed by atoms with E-state index in [1.807, 2.05) is 42.5 Å². The number of aryl methyl sites for hydroxylation is 2. The van der Waals surface area contributed by atoms with E-state index in [4.69, 9.17) is 0 Å². The highest BCUT2D eigenvalue weighted by Gasteiger charge is 2.21. The van der Waals surface area contributed by atoms with E-state index in [2.05, 4.69) is 12.2 Å². The lowest BCUT2D eigenvalue weighted by Crippen LogP contribution is -2.31. The highest BCUT2D eigenvalue weighted by Crippen LogP contribution is 2.29. The van der Waals surface area contributed by atoms with E-state index in [9.17, 15) is 9.59 Å². The van der Waals surface area contributed by atoms with Crippen molar-refractivity contribution in [3.8, 4) is 0 Å². The van der Waals surface area contributed by atoms with Crippen molar-refractivity contribution in [1.82, 2.24) is 0 Å². The van der Waals surface area contributed by atoms with Gasteiger partial charge in [-0.3, -0.25) is 9.59 Å². The zero-order chi connectivity index (χ0) is 16.4. The molecule has 0 radical (unpaired) electrons. The molecule has 2 amide bonds. The normalized spacial score (nSPS) is 13.7. The quantitative estimate of drug-likeness (QED) is 0.944. The fourth-order valence-corrected chi connectivity index (χ4v) is 2.83. The molecular formula is C19H20N2O2. The highest BCUT2D eigenvalue weighted by atomic mass is 16.2. The highest BCUT2D eigenvalue weighted by molar-refractivity contribution is 6.04. The van der Waals surface area contributed by atoms with Crippen LogP contribution < -0.4 is 10.2 Å². The largest absolute Gasteiger partial charge is 0.322 e. The predicted octanol–water partition coefficient (Wildman–Crippen LogP) is 3.41. The first-order chi connectivity index (χ1) is 11.1. The fourth-order valence-electron chi connectivity index (χ4n) is 2.83. The number of carbonyl (C=O) groups is 2. The second-order valence-corrected chi connectivity index (χ2v) is 5.80. The van der Waals surface area contributed by atoms with E-state index in [1.165, 1.54) is 5.56 Å². The van der Waals surface area contributed by atoms with Gasteiger partial charge in [0, 0.05) is 30.4 Å². The van der Waals surface area contributed by atoms with Crippen molar-refractivity contribution >= 4 is 23.2 Å². The summed E-state index contributed by atoms with van der Waals surface area (Å²) in [5, 5.41) is 2.93. The van der Waals surface area contributed by atoms with Crippen molar-refractivity contribution in [3.63, 3.8) is 0 Å². The first-order valence-corrected chi connectivity index (χ1v) is 7.88. The molecular weight excluding hydrogens is 288 g/mol. The van der Waals surface area contributed by atoms with E-state index in [1.54, 1.807) is 11.9 Å². The molecule has 0 atom stereocenters. The SMILES string of the molecule is CCc1ccc(C(=O)Nc2ccc3c(c2)CCC(=O)N3C)cc1. The van der Waals surface area contributed by atoms with Gasteiger partial charge in [-0.05, 0) is 54.3 Å². The Balaban J connectivity index is 1.77. The van der Waals surface area contributed by atoms with Gasteiger partial charge >= 0.3 is 0 Å². The summed E-state index contributed by atoms with van der Waals surface area (Å²) >= 11 is 0. The Morgan fingerprint density at radius 1 is 1.13 bits per heavy atom. The number of hydrogen-bond donors (Lipinski definition) is 1. The standard InChI is InChI=1S/C19H20N2O2/c1-3-13-4-6-14(7-5-13)19(23)20-16-9-10-17-15(12-16)8-11-18(22)21(17)2/h4-7,9-10,12H,3,8,11H2,1-2H3,(H,20,23). The maximum absolute atomic E-state index is 12.3. The molecule has 0 fully saturated rings. The summed E-state index contributed by atoms with van der Waals surface area (Å²) in [7, 11) is 1.79. The summed E-state index contributed by atoms with van der Waals surface area (Å²) in [6, 6.07) is 13.3. The molecule has 2 aromatic carbocycles. The molecule has 2 aromatic rings. The van der Waals surface area contributed by atoms with Crippen LogP contribution in [-0.4, -0.2) is 18.9 Å². The van der Waals surface area contributed by atoms with Crippen LogP contribution in [0.3, 0.4) is 0 Å². The van der Waals surface area contributed by atoms with E-state index in [0.29, 0.717) is 18.4 Å². The maximum atomic E-state index is 12.3. The zero-order valence-electron chi connectivity index (χ0n) is 13.4. The van der Waals surface area contributed by atoms with Gasteiger partial charge in [-0.25, -0.2) is 0 Å². The van der Waals surface area contributed by atoms with Crippen LogP contribution >= 0.6 is 0 Å². The van der Waals surface area contributed by atoms with Gasteiger partial charge in [0.25, 0.3) is 5.91 Å². The van der Waals surface area contributed by atoms with Crippen molar-refractivity contribution in [3.05, 3.63) is 59.2 Å². The molecule has 23 heavy (non-hydrogen) atoms. The number of anilines is 2. The van der Waals surface area contributed by atoms with E-state index in [-0.39, 0.29) is 11.8 Å². The molecule has 4 heteroatoms. The van der Waals surface area contributed by atoms with Crippen LogP contribution in [0.1, 0.15) is 34.8 Å². The van der Waals surface area contributed by atoms with E-state index >= 15 is 0 Å². The Kier molecular flexibility index (Phi) is 4.15. The lowest BCUT2D eigenvalue weighted by Gasteiger charge is -2.26. The molecule has 0 aliphatic carbocycles. The number of carbonyl (C=O) groups excluding carboxylic acids is 2. The van der Waals surface area contributed by atoms with Gasteiger partial charge in [-0.15, -0.1) is 0 Å². The molecule has 1 aliphatic heterocycles. The fraction of sp³-hybridized carbons (Fsp3) is 0.263. The van der Waals surface area contributed by atoms with Gasteiger partial charge in [-0.1, -0.05) is 19.1 Å². The summed E-state index contributed by atoms with van der Waals surface area (Å²) in [5.74, 6) is 0.0122. The van der Waals surface area contributed by atoms with Gasteiger partial charge in [0.15, 0.2) is 0 Å². The van der Waals surface area contributed by atoms with Gasteiger partial charge in [0.05, 0.1) is 0 Å². The van der Waals surface area contributed by atoms with Gasteiger partial charge in [-0.2, -0.15) is 0 Å². The molecule has 0 bridgehead atoms. The van der Waals surface area contributed by atoms with Crippen LogP contribution in [0, 0.1) is 0 Å². The summed E-state index contributed by atoms with van der Waals surface area (Å²) in [5.41, 5.74) is 4.63. The topological polar surface area (TPSA) is 49.4 Å². The predicted molar refractivity (Wildman–Crippen MR) is 91.9 cm³/mol. The number of amides is 2. The smallest absolute Gasteiger partial charge is 0.255 e. The lowest BCUT2D eigenvalue weighted by atomic mass is 10.0. The summed E-state index contributed by atoms with van der Waals surface area (Å²) in [6.45, 7) is 2.09. The van der Waals surface area contributed by atoms with Crippen LogP contribution in [-0.2, 0) is 17.6 Å². The van der Waals surface area contributed by atoms with Gasteiger partial charge < -0.3 is 10.2 Å². The third-order valence-corrected chi connectivity index (χ3v) is 4.31. The molecule has 0 spiro atoms. The van der Waals surface area contributed by atoms with Crippen LogP contribution in [0.15, 0.2) is 42.5 Å². The molecule has 1 N–H and O–H groups in total. The zero-order valence-corrected chi connectivity index (χ0v) is 13.4. The summed E-state index contributed by atoms with van der Waals surface area (Å²) < 4.78 is 0. The first kappa shape index (κ1) is 15.3. The molecule has 0 unspecified atom stereocenters. The van der Waals surface area contributed by atoms with Crippen molar-refractivity contribution in [2.45, 2.75) is 26.2 Å². The van der Waals surface area contributed by atoms with Crippen molar-refractivity contribution < 1.29 is 9.59 Å². The Morgan fingerprint density at radius 2 is 1.87 bits per heavy atom. The number of fused-ring (bicyclic) bond motifs is 1. The van der Waals surface area contributed by atoms with Gasteiger partial charge in [0.1, 0.15) is 0 Å². The second-order valence-electron chi connectivity index (χ2n) is 5.80. The Morgan fingerprint density at radius 3 is 2.57 bits per heavy atom. The molecule has 1 heterocycles. The maximum Gasteiger partial charge on any atom is 0.255 e. The van der Waals surface area contributed by atoms with Crippen LogP contribution in [0.25, 0.3) is 0 Å². The van der Waals surface area contributed by atoms with Crippen molar-refractivity contribution in [1.29, 1.82) is 0 Å². The lowest BCUT2D eigenvalue weighted by molar-refractivity contribution is -0.118. The third kappa shape index (κ3) is 3.11. The average molecular weight is 308 g/mol. The Labute approximate surface area is 136 Å². The van der Waals surface area contributed by atoms with E-state index < -0.39 is 0 Å². The van der Waals surface area contributed by atoms with Gasteiger partial charge in [0.2, 0.25) is 5.91 Å². The second kappa shape index (κ2) is 6.24. The minimum Gasteiger partial charge on any atom is -0.322 e. The van der Waals surface area contributed by atoms with Crippen LogP contribution in [0.2, 0.25) is 0 Å². The first-order valence-electron chi connectivity index (χ1n) is 7.88.